The van der Waals surface area contributed by atoms with Gasteiger partial charge < -0.3 is 14.2 Å². The Balaban J connectivity index is 1.90. The molecule has 0 bridgehead atoms. The third-order valence-electron chi connectivity index (χ3n) is 3.88. The van der Waals surface area contributed by atoms with Crippen LogP contribution in [0.1, 0.15) is 25.0 Å². The van der Waals surface area contributed by atoms with E-state index in [1.54, 1.807) is 62.4 Å². The first-order valence-corrected chi connectivity index (χ1v) is 8.93. The number of benzene rings is 2. The van der Waals surface area contributed by atoms with Crippen molar-refractivity contribution >= 4 is 35.5 Å². The molecule has 28 heavy (non-hydrogen) atoms. The van der Waals surface area contributed by atoms with E-state index in [9.17, 15) is 9.59 Å². The van der Waals surface area contributed by atoms with Gasteiger partial charge in [-0.1, -0.05) is 31.5 Å². The standard InChI is InChI=1S/C21H18ClNO5/c1-12(2)20(24)27-18-11-13(4-9-17(18)26-3)10-16-21(25)28-19(23-16)14-5-7-15(22)8-6-14/h4-12H,1-3H3/b16-10-. The van der Waals surface area contributed by atoms with Crippen LogP contribution in [0.4, 0.5) is 0 Å². The van der Waals surface area contributed by atoms with Gasteiger partial charge in [-0.25, -0.2) is 9.79 Å². The maximum atomic E-state index is 12.2. The van der Waals surface area contributed by atoms with Crippen LogP contribution in [0.3, 0.4) is 0 Å². The number of hydrogen-bond donors (Lipinski definition) is 0. The number of hydrogen-bond acceptors (Lipinski definition) is 6. The van der Waals surface area contributed by atoms with E-state index in [4.69, 9.17) is 25.8 Å². The van der Waals surface area contributed by atoms with Gasteiger partial charge in [0.25, 0.3) is 0 Å². The Kier molecular flexibility index (Phi) is 5.80. The molecule has 144 valence electrons. The molecule has 2 aromatic carbocycles. The van der Waals surface area contributed by atoms with Crippen LogP contribution in [0.2, 0.25) is 5.02 Å². The zero-order valence-electron chi connectivity index (χ0n) is 15.6. The van der Waals surface area contributed by atoms with E-state index >= 15 is 0 Å². The van der Waals surface area contributed by atoms with Crippen LogP contribution in [-0.4, -0.2) is 24.9 Å². The van der Waals surface area contributed by atoms with Crippen LogP contribution in [-0.2, 0) is 14.3 Å². The van der Waals surface area contributed by atoms with Gasteiger partial charge in [-0.2, -0.15) is 0 Å². The van der Waals surface area contributed by atoms with E-state index < -0.39 is 5.97 Å². The summed E-state index contributed by atoms with van der Waals surface area (Å²) in [7, 11) is 1.48. The van der Waals surface area contributed by atoms with Gasteiger partial charge >= 0.3 is 11.9 Å². The second-order valence-electron chi connectivity index (χ2n) is 6.33. The number of halogens is 1. The highest BCUT2D eigenvalue weighted by atomic mass is 35.5. The van der Waals surface area contributed by atoms with Crippen LogP contribution < -0.4 is 9.47 Å². The summed E-state index contributed by atoms with van der Waals surface area (Å²) >= 11 is 5.87. The Morgan fingerprint density at radius 3 is 2.50 bits per heavy atom. The lowest BCUT2D eigenvalue weighted by Crippen LogP contribution is -2.15. The fraction of sp³-hybridized carbons (Fsp3) is 0.190. The quantitative estimate of drug-likeness (QED) is 0.426. The van der Waals surface area contributed by atoms with Crippen molar-refractivity contribution in [1.29, 1.82) is 0 Å². The fourth-order valence-electron chi connectivity index (χ4n) is 2.37. The van der Waals surface area contributed by atoms with Gasteiger partial charge in [0.2, 0.25) is 5.90 Å². The van der Waals surface area contributed by atoms with Crippen molar-refractivity contribution in [2.45, 2.75) is 13.8 Å². The molecule has 0 saturated heterocycles. The molecule has 1 aliphatic heterocycles. The molecular formula is C21H18ClNO5. The third-order valence-corrected chi connectivity index (χ3v) is 4.14. The average Bonchev–Trinajstić information content (AvgIpc) is 3.03. The normalized spacial score (nSPS) is 14.8. The largest absolute Gasteiger partial charge is 0.493 e. The van der Waals surface area contributed by atoms with Crippen molar-refractivity contribution in [3.05, 3.63) is 64.3 Å². The van der Waals surface area contributed by atoms with Gasteiger partial charge in [0.05, 0.1) is 13.0 Å². The highest BCUT2D eigenvalue weighted by molar-refractivity contribution is 6.30. The van der Waals surface area contributed by atoms with Crippen molar-refractivity contribution in [2.24, 2.45) is 10.9 Å². The molecule has 1 aliphatic rings. The minimum absolute atomic E-state index is 0.135. The maximum Gasteiger partial charge on any atom is 0.363 e. The molecule has 0 amide bonds. The smallest absolute Gasteiger partial charge is 0.363 e. The average molecular weight is 400 g/mol. The van der Waals surface area contributed by atoms with E-state index in [2.05, 4.69) is 4.99 Å². The summed E-state index contributed by atoms with van der Waals surface area (Å²) in [4.78, 5) is 28.3. The summed E-state index contributed by atoms with van der Waals surface area (Å²) in [6.45, 7) is 3.48. The van der Waals surface area contributed by atoms with Gasteiger partial charge in [0, 0.05) is 10.6 Å². The molecule has 0 unspecified atom stereocenters. The van der Waals surface area contributed by atoms with E-state index in [0.717, 1.165) is 0 Å². The first-order valence-electron chi connectivity index (χ1n) is 8.55. The summed E-state index contributed by atoms with van der Waals surface area (Å²) in [6.07, 6.45) is 1.55. The lowest BCUT2D eigenvalue weighted by atomic mass is 10.1. The van der Waals surface area contributed by atoms with Crippen molar-refractivity contribution in [2.75, 3.05) is 7.11 Å². The summed E-state index contributed by atoms with van der Waals surface area (Å²) in [6, 6.07) is 11.8. The Labute approximate surface area is 167 Å². The summed E-state index contributed by atoms with van der Waals surface area (Å²) in [5, 5.41) is 0.575. The molecule has 0 aliphatic carbocycles. The second-order valence-corrected chi connectivity index (χ2v) is 6.77. The molecule has 0 saturated carbocycles. The Morgan fingerprint density at radius 1 is 1.14 bits per heavy atom. The number of carbonyl (C=O) groups is 2. The molecule has 0 aromatic heterocycles. The Hall–Kier alpha value is -3.12. The predicted octanol–water partition coefficient (Wildman–Crippen LogP) is 4.25. The highest BCUT2D eigenvalue weighted by Gasteiger charge is 2.24. The number of methoxy groups -OCH3 is 1. The van der Waals surface area contributed by atoms with Gasteiger partial charge in [-0.15, -0.1) is 0 Å². The van der Waals surface area contributed by atoms with E-state index in [1.807, 2.05) is 0 Å². The first kappa shape index (κ1) is 19.6. The van der Waals surface area contributed by atoms with E-state index in [1.165, 1.54) is 7.11 Å². The highest BCUT2D eigenvalue weighted by Crippen LogP contribution is 2.30. The van der Waals surface area contributed by atoms with Crippen LogP contribution in [0.25, 0.3) is 6.08 Å². The topological polar surface area (TPSA) is 74.2 Å². The SMILES string of the molecule is COc1ccc(/C=C2\N=C(c3ccc(Cl)cc3)OC2=O)cc1OC(=O)C(C)C. The lowest BCUT2D eigenvalue weighted by Gasteiger charge is -2.11. The van der Waals surface area contributed by atoms with E-state index in [-0.39, 0.29) is 29.2 Å². The Morgan fingerprint density at radius 2 is 1.86 bits per heavy atom. The van der Waals surface area contributed by atoms with Crippen LogP contribution in [0.15, 0.2) is 53.2 Å². The molecule has 2 aromatic rings. The number of rotatable bonds is 5. The molecule has 0 radical (unpaired) electrons. The second kappa shape index (κ2) is 8.27. The molecule has 7 heteroatoms. The van der Waals surface area contributed by atoms with Crippen molar-refractivity contribution in [1.82, 2.24) is 0 Å². The fourth-order valence-corrected chi connectivity index (χ4v) is 2.50. The molecule has 0 N–H and O–H groups in total. The number of aliphatic imine (C=N–C) groups is 1. The van der Waals surface area contributed by atoms with Gasteiger partial charge in [0.15, 0.2) is 17.2 Å². The van der Waals surface area contributed by atoms with Crippen molar-refractivity contribution in [3.8, 4) is 11.5 Å². The van der Waals surface area contributed by atoms with Gasteiger partial charge in [0.1, 0.15) is 0 Å². The molecule has 0 fully saturated rings. The predicted molar refractivity (Wildman–Crippen MR) is 106 cm³/mol. The number of cyclic esters (lactones) is 1. The van der Waals surface area contributed by atoms with Gasteiger partial charge in [-0.05, 0) is 48.0 Å². The number of ether oxygens (including phenoxy) is 3. The van der Waals surface area contributed by atoms with Crippen LogP contribution in [0, 0.1) is 5.92 Å². The molecule has 1 heterocycles. The maximum absolute atomic E-state index is 12.2. The van der Waals surface area contributed by atoms with Gasteiger partial charge in [-0.3, -0.25) is 4.79 Å². The minimum atomic E-state index is -0.568. The monoisotopic (exact) mass is 399 g/mol. The zero-order chi connectivity index (χ0) is 20.3. The molecule has 6 nitrogen and oxygen atoms in total. The van der Waals surface area contributed by atoms with Crippen molar-refractivity contribution in [3.63, 3.8) is 0 Å². The molecule has 0 atom stereocenters. The van der Waals surface area contributed by atoms with Crippen LogP contribution >= 0.6 is 11.6 Å². The zero-order valence-corrected chi connectivity index (χ0v) is 16.3. The number of esters is 2. The lowest BCUT2D eigenvalue weighted by molar-refractivity contribution is -0.137. The first-order chi connectivity index (χ1) is 13.4. The molecule has 3 rings (SSSR count). The van der Waals surface area contributed by atoms with Crippen LogP contribution in [0.5, 0.6) is 11.5 Å². The minimum Gasteiger partial charge on any atom is -0.493 e. The summed E-state index contributed by atoms with van der Waals surface area (Å²) < 4.78 is 15.8. The van der Waals surface area contributed by atoms with Crippen molar-refractivity contribution < 1.29 is 23.8 Å². The number of carbonyl (C=O) groups excluding carboxylic acids is 2. The molecular weight excluding hydrogens is 382 g/mol. The molecule has 0 spiro atoms. The summed E-state index contributed by atoms with van der Waals surface area (Å²) in [5.74, 6) is -0.358. The Bertz CT molecular complexity index is 977. The van der Waals surface area contributed by atoms with E-state index in [0.29, 0.717) is 21.9 Å². The summed E-state index contributed by atoms with van der Waals surface area (Å²) in [5.41, 5.74) is 1.39. The number of nitrogens with zero attached hydrogens (tertiary/aromatic N) is 1. The third kappa shape index (κ3) is 4.40.